The lowest BCUT2D eigenvalue weighted by atomic mass is 10.1. The third-order valence-corrected chi connectivity index (χ3v) is 3.01. The van der Waals surface area contributed by atoms with Gasteiger partial charge in [-0.3, -0.25) is 4.79 Å². The number of allylic oxidation sites excluding steroid dienone is 4. The number of aryl methyl sites for hydroxylation is 1. The fraction of sp³-hybridized carbons (Fsp3) is 0.522. The van der Waals surface area contributed by atoms with Crippen LogP contribution in [0.4, 0.5) is 0 Å². The van der Waals surface area contributed by atoms with Crippen molar-refractivity contribution in [2.24, 2.45) is 5.73 Å². The van der Waals surface area contributed by atoms with E-state index in [1.165, 1.54) is 37.3 Å². The predicted octanol–water partition coefficient (Wildman–Crippen LogP) is 6.53. The van der Waals surface area contributed by atoms with Crippen LogP contribution in [0.5, 0.6) is 0 Å². The van der Waals surface area contributed by atoms with Crippen LogP contribution in [0.2, 0.25) is 0 Å². The predicted molar refractivity (Wildman–Crippen MR) is 117 cm³/mol. The van der Waals surface area contributed by atoms with Gasteiger partial charge >= 0.3 is 5.97 Å². The van der Waals surface area contributed by atoms with Gasteiger partial charge in [-0.2, -0.15) is 0 Å². The summed E-state index contributed by atoms with van der Waals surface area (Å²) in [5, 5.41) is 7.87. The van der Waals surface area contributed by atoms with Gasteiger partial charge in [-0.1, -0.05) is 93.3 Å². The molecule has 0 bridgehead atoms. The van der Waals surface area contributed by atoms with E-state index < -0.39 is 12.0 Å². The minimum atomic E-state index is -0.963. The van der Waals surface area contributed by atoms with Crippen LogP contribution in [-0.2, 0) is 4.79 Å². The summed E-state index contributed by atoms with van der Waals surface area (Å²) in [4.78, 5) is 9.57. The van der Waals surface area contributed by atoms with Crippen molar-refractivity contribution < 1.29 is 9.90 Å². The summed E-state index contributed by atoms with van der Waals surface area (Å²) < 4.78 is 0. The second-order valence-corrected chi connectivity index (χ2v) is 5.95. The zero-order chi connectivity index (χ0) is 21.0. The Morgan fingerprint density at radius 1 is 1.12 bits per heavy atom. The molecule has 1 aromatic carbocycles. The maximum Gasteiger partial charge on any atom is 0.320 e. The highest BCUT2D eigenvalue weighted by Crippen LogP contribution is 2.09. The number of hydrogen-bond donors (Lipinski definition) is 2. The molecule has 0 aromatic heterocycles. The number of carboxylic acid groups (broad SMARTS) is 1. The van der Waals surface area contributed by atoms with Crippen LogP contribution < -0.4 is 5.73 Å². The Hall–Kier alpha value is -1.87. The van der Waals surface area contributed by atoms with Crippen molar-refractivity contribution in [2.75, 3.05) is 0 Å². The van der Waals surface area contributed by atoms with Crippen molar-refractivity contribution in [1.29, 1.82) is 0 Å². The van der Waals surface area contributed by atoms with Crippen LogP contribution >= 0.6 is 0 Å². The van der Waals surface area contributed by atoms with E-state index in [4.69, 9.17) is 10.8 Å². The molecule has 0 fully saturated rings. The zero-order valence-corrected chi connectivity index (χ0v) is 18.2. The first-order valence-corrected chi connectivity index (χ1v) is 9.57. The Bertz CT molecular complexity index is 484. The van der Waals surface area contributed by atoms with Crippen LogP contribution in [0.15, 0.2) is 53.6 Å². The van der Waals surface area contributed by atoms with E-state index in [1.54, 1.807) is 5.57 Å². The van der Waals surface area contributed by atoms with Crippen LogP contribution in [-0.4, -0.2) is 17.1 Å². The second kappa shape index (κ2) is 21.2. The molecule has 0 radical (unpaired) electrons. The smallest absolute Gasteiger partial charge is 0.320 e. The fourth-order valence-electron chi connectivity index (χ4n) is 1.52. The van der Waals surface area contributed by atoms with E-state index in [0.29, 0.717) is 0 Å². The van der Waals surface area contributed by atoms with Crippen LogP contribution in [0.1, 0.15) is 73.3 Å². The maximum absolute atomic E-state index is 9.57. The van der Waals surface area contributed by atoms with Crippen molar-refractivity contribution >= 4 is 5.97 Å². The minimum absolute atomic E-state index is 0.731. The Balaban J connectivity index is -0.000000305. The van der Waals surface area contributed by atoms with Crippen molar-refractivity contribution in [1.82, 2.24) is 0 Å². The number of rotatable bonds is 5. The first-order valence-electron chi connectivity index (χ1n) is 9.57. The van der Waals surface area contributed by atoms with Gasteiger partial charge in [-0.25, -0.2) is 0 Å². The lowest BCUT2D eigenvalue weighted by Crippen LogP contribution is -2.25. The highest BCUT2D eigenvalue weighted by atomic mass is 16.4. The average Bonchev–Trinajstić information content (AvgIpc) is 2.62. The quantitative estimate of drug-likeness (QED) is 0.585. The first kappa shape index (κ1) is 28.9. The molecule has 3 nitrogen and oxygen atoms in total. The van der Waals surface area contributed by atoms with Crippen molar-refractivity contribution in [3.63, 3.8) is 0 Å². The van der Waals surface area contributed by atoms with E-state index in [1.807, 2.05) is 32.0 Å². The Morgan fingerprint density at radius 3 is 1.81 bits per heavy atom. The molecule has 0 heterocycles. The van der Waals surface area contributed by atoms with Gasteiger partial charge in [0.25, 0.3) is 0 Å². The van der Waals surface area contributed by atoms with Gasteiger partial charge in [0.05, 0.1) is 0 Å². The number of carbonyl (C=O) groups is 1. The topological polar surface area (TPSA) is 63.3 Å². The minimum Gasteiger partial charge on any atom is -0.480 e. The molecule has 0 aliphatic heterocycles. The Labute approximate surface area is 162 Å². The van der Waals surface area contributed by atoms with Gasteiger partial charge in [-0.05, 0) is 40.5 Å². The molecule has 150 valence electrons. The molecule has 1 atom stereocenters. The number of aliphatic carboxylic acids is 1. The molecule has 1 aromatic rings. The summed E-state index contributed by atoms with van der Waals surface area (Å²) in [5.74, 6) is -0.963. The molecular weight excluding hydrogens is 322 g/mol. The van der Waals surface area contributed by atoms with Crippen molar-refractivity contribution in [3.05, 3.63) is 59.2 Å². The number of nitrogens with two attached hydrogens (primary N) is 1. The molecule has 3 N–H and O–H groups in total. The van der Waals surface area contributed by atoms with Crippen molar-refractivity contribution in [3.8, 4) is 0 Å². The molecule has 0 aliphatic carbocycles. The van der Waals surface area contributed by atoms with Crippen LogP contribution in [0, 0.1) is 6.92 Å². The summed E-state index contributed by atoms with van der Waals surface area (Å²) >= 11 is 0. The zero-order valence-electron chi connectivity index (χ0n) is 18.2. The third-order valence-electron chi connectivity index (χ3n) is 3.01. The standard InChI is InChI=1S/C11H20.C7H8.C3H7NO2.C2H6/c1-5-7-11(6-2)9-8-10(3)4;1-7-5-3-2-4-6-7;1-2(4)3(5)6;1-2/h8-9H,5-7H2,1-4H3;2-6H,1H3;2H,4H2,1H3,(H,5,6);1-2H3/b11-9-;;;. The van der Waals surface area contributed by atoms with E-state index in [-0.39, 0.29) is 0 Å². The van der Waals surface area contributed by atoms with Gasteiger partial charge in [0.15, 0.2) is 0 Å². The largest absolute Gasteiger partial charge is 0.480 e. The molecule has 1 rings (SSSR count). The van der Waals surface area contributed by atoms with E-state index in [9.17, 15) is 4.79 Å². The summed E-state index contributed by atoms with van der Waals surface area (Å²) in [5.41, 5.74) is 9.10. The van der Waals surface area contributed by atoms with Crippen LogP contribution in [0.3, 0.4) is 0 Å². The van der Waals surface area contributed by atoms with Gasteiger partial charge < -0.3 is 10.8 Å². The highest BCUT2D eigenvalue weighted by molar-refractivity contribution is 5.72. The van der Waals surface area contributed by atoms with Gasteiger partial charge in [0.2, 0.25) is 0 Å². The summed E-state index contributed by atoms with van der Waals surface area (Å²) in [6.07, 6.45) is 8.17. The van der Waals surface area contributed by atoms with Gasteiger partial charge in [0, 0.05) is 0 Å². The highest BCUT2D eigenvalue weighted by Gasteiger charge is 1.99. The van der Waals surface area contributed by atoms with Crippen LogP contribution in [0.25, 0.3) is 0 Å². The molecule has 0 saturated heterocycles. The van der Waals surface area contributed by atoms with E-state index in [0.717, 1.165) is 0 Å². The lowest BCUT2D eigenvalue weighted by Gasteiger charge is -1.99. The molecule has 0 amide bonds. The molecule has 3 heteroatoms. The summed E-state index contributed by atoms with van der Waals surface area (Å²) in [6, 6.07) is 9.53. The molecular formula is C23H41NO2. The third kappa shape index (κ3) is 24.4. The SMILES string of the molecule is CC.CC(N)C(=O)O.CCC/C(=C\C=C(C)C)CC.Cc1ccccc1. The first-order chi connectivity index (χ1) is 12.2. The Kier molecular flexibility index (Phi) is 23.5. The molecule has 1 unspecified atom stereocenters. The molecule has 0 spiro atoms. The maximum atomic E-state index is 9.57. The van der Waals surface area contributed by atoms with E-state index >= 15 is 0 Å². The normalized spacial score (nSPS) is 10.6. The molecule has 26 heavy (non-hydrogen) atoms. The van der Waals surface area contributed by atoms with E-state index in [2.05, 4.69) is 58.9 Å². The molecule has 0 saturated carbocycles. The average molecular weight is 364 g/mol. The lowest BCUT2D eigenvalue weighted by molar-refractivity contribution is -0.138. The van der Waals surface area contributed by atoms with Crippen molar-refractivity contribution in [2.45, 2.75) is 80.7 Å². The van der Waals surface area contributed by atoms with Gasteiger partial charge in [0.1, 0.15) is 6.04 Å². The fourth-order valence-corrected chi connectivity index (χ4v) is 1.52. The summed E-state index contributed by atoms with van der Waals surface area (Å²) in [7, 11) is 0. The number of benzene rings is 1. The second-order valence-electron chi connectivity index (χ2n) is 5.95. The number of carboxylic acids is 1. The Morgan fingerprint density at radius 2 is 1.58 bits per heavy atom. The van der Waals surface area contributed by atoms with Gasteiger partial charge in [-0.15, -0.1) is 0 Å². The molecule has 0 aliphatic rings. The summed E-state index contributed by atoms with van der Waals surface area (Å²) in [6.45, 7) is 16.2. The monoisotopic (exact) mass is 363 g/mol. The number of hydrogen-bond acceptors (Lipinski definition) is 2.